The van der Waals surface area contributed by atoms with Gasteiger partial charge in [0.2, 0.25) is 5.91 Å². The molecule has 1 aromatic rings. The summed E-state index contributed by atoms with van der Waals surface area (Å²) in [7, 11) is 0. The molecule has 1 amide bonds. The van der Waals surface area contributed by atoms with E-state index in [4.69, 9.17) is 9.84 Å². The van der Waals surface area contributed by atoms with Crippen LogP contribution in [-0.4, -0.2) is 34.5 Å². The minimum atomic E-state index is -1.00. The standard InChI is InChI=1S/C15H19NO4/c1-2-12-6-7-14(17)16(12)9-11-4-3-5-13(8-11)20-10-15(18)19/h3-5,8,12H,2,6-7,9-10H2,1H3,(H,18,19). The number of carbonyl (C=O) groups excluding carboxylic acids is 1. The van der Waals surface area contributed by atoms with Crippen LogP contribution in [0.1, 0.15) is 31.7 Å². The van der Waals surface area contributed by atoms with E-state index in [1.165, 1.54) is 0 Å². The molecule has 5 heteroatoms. The van der Waals surface area contributed by atoms with Gasteiger partial charge in [0.15, 0.2) is 6.61 Å². The molecule has 20 heavy (non-hydrogen) atoms. The van der Waals surface area contributed by atoms with E-state index in [2.05, 4.69) is 6.92 Å². The second-order valence-electron chi connectivity index (χ2n) is 4.95. The summed E-state index contributed by atoms with van der Waals surface area (Å²) in [5.74, 6) is -0.297. The molecule has 1 unspecified atom stereocenters. The van der Waals surface area contributed by atoms with Gasteiger partial charge in [0.1, 0.15) is 5.75 Å². The van der Waals surface area contributed by atoms with Gasteiger partial charge in [-0.3, -0.25) is 4.79 Å². The molecule has 1 atom stereocenters. The van der Waals surface area contributed by atoms with Gasteiger partial charge in [-0.1, -0.05) is 19.1 Å². The van der Waals surface area contributed by atoms with Crippen molar-refractivity contribution in [3.63, 3.8) is 0 Å². The Morgan fingerprint density at radius 1 is 1.50 bits per heavy atom. The first kappa shape index (κ1) is 14.4. The minimum Gasteiger partial charge on any atom is -0.482 e. The van der Waals surface area contributed by atoms with Crippen molar-refractivity contribution in [2.45, 2.75) is 38.8 Å². The molecular formula is C15H19NO4. The largest absolute Gasteiger partial charge is 0.482 e. The maximum Gasteiger partial charge on any atom is 0.341 e. The van der Waals surface area contributed by atoms with E-state index in [0.717, 1.165) is 18.4 Å². The van der Waals surface area contributed by atoms with Crippen LogP contribution in [0.3, 0.4) is 0 Å². The van der Waals surface area contributed by atoms with Gasteiger partial charge in [0, 0.05) is 19.0 Å². The average molecular weight is 277 g/mol. The SMILES string of the molecule is CCC1CCC(=O)N1Cc1cccc(OCC(=O)O)c1. The normalized spacial score (nSPS) is 18.4. The quantitative estimate of drug-likeness (QED) is 0.864. The van der Waals surface area contributed by atoms with Crippen molar-refractivity contribution in [2.24, 2.45) is 0 Å². The van der Waals surface area contributed by atoms with Crippen LogP contribution in [-0.2, 0) is 16.1 Å². The van der Waals surface area contributed by atoms with Crippen LogP contribution in [0, 0.1) is 0 Å². The van der Waals surface area contributed by atoms with Gasteiger partial charge < -0.3 is 14.7 Å². The molecule has 1 aliphatic rings. The van der Waals surface area contributed by atoms with Crippen LogP contribution < -0.4 is 4.74 Å². The molecule has 1 N–H and O–H groups in total. The van der Waals surface area contributed by atoms with Crippen molar-refractivity contribution in [3.05, 3.63) is 29.8 Å². The van der Waals surface area contributed by atoms with E-state index < -0.39 is 5.97 Å². The van der Waals surface area contributed by atoms with Gasteiger partial charge in [-0.05, 0) is 30.5 Å². The maximum absolute atomic E-state index is 11.9. The Balaban J connectivity index is 2.03. The molecule has 0 aromatic heterocycles. The summed E-state index contributed by atoms with van der Waals surface area (Å²) in [4.78, 5) is 24.2. The van der Waals surface area contributed by atoms with Gasteiger partial charge in [-0.25, -0.2) is 4.79 Å². The van der Waals surface area contributed by atoms with Crippen LogP contribution in [0.25, 0.3) is 0 Å². The smallest absolute Gasteiger partial charge is 0.341 e. The van der Waals surface area contributed by atoms with Gasteiger partial charge in [0.25, 0.3) is 0 Å². The van der Waals surface area contributed by atoms with E-state index in [0.29, 0.717) is 24.8 Å². The number of carboxylic acid groups (broad SMARTS) is 1. The number of hydrogen-bond acceptors (Lipinski definition) is 3. The van der Waals surface area contributed by atoms with Crippen molar-refractivity contribution in [1.29, 1.82) is 0 Å². The second kappa shape index (κ2) is 6.41. The van der Waals surface area contributed by atoms with Gasteiger partial charge in [0.05, 0.1) is 0 Å². The van der Waals surface area contributed by atoms with E-state index >= 15 is 0 Å². The van der Waals surface area contributed by atoms with E-state index in [-0.39, 0.29) is 12.5 Å². The highest BCUT2D eigenvalue weighted by Crippen LogP contribution is 2.24. The Labute approximate surface area is 118 Å². The molecule has 0 radical (unpaired) electrons. The van der Waals surface area contributed by atoms with E-state index in [1.54, 1.807) is 12.1 Å². The Bertz CT molecular complexity index is 500. The number of nitrogens with zero attached hydrogens (tertiary/aromatic N) is 1. The fourth-order valence-corrected chi connectivity index (χ4v) is 2.51. The zero-order chi connectivity index (χ0) is 14.5. The molecule has 0 bridgehead atoms. The Hall–Kier alpha value is -2.04. The number of hydrogen-bond donors (Lipinski definition) is 1. The van der Waals surface area contributed by atoms with Crippen LogP contribution in [0.4, 0.5) is 0 Å². The predicted molar refractivity (Wildman–Crippen MR) is 73.4 cm³/mol. The van der Waals surface area contributed by atoms with Crippen LogP contribution in [0.15, 0.2) is 24.3 Å². The number of carbonyl (C=O) groups is 2. The molecule has 0 aliphatic carbocycles. The number of aliphatic carboxylic acids is 1. The summed E-state index contributed by atoms with van der Waals surface area (Å²) < 4.78 is 5.15. The maximum atomic E-state index is 11.9. The first-order chi connectivity index (χ1) is 9.60. The molecule has 1 fully saturated rings. The topological polar surface area (TPSA) is 66.8 Å². The number of benzene rings is 1. The molecule has 5 nitrogen and oxygen atoms in total. The molecule has 1 saturated heterocycles. The third-order valence-electron chi connectivity index (χ3n) is 3.54. The van der Waals surface area contributed by atoms with Gasteiger partial charge >= 0.3 is 5.97 Å². The summed E-state index contributed by atoms with van der Waals surface area (Å²) in [6.07, 6.45) is 2.50. The lowest BCUT2D eigenvalue weighted by Gasteiger charge is -2.24. The van der Waals surface area contributed by atoms with Crippen molar-refractivity contribution in [3.8, 4) is 5.75 Å². The summed E-state index contributed by atoms with van der Waals surface area (Å²) in [5, 5.41) is 8.60. The van der Waals surface area contributed by atoms with Crippen LogP contribution >= 0.6 is 0 Å². The first-order valence-corrected chi connectivity index (χ1v) is 6.83. The molecule has 1 aromatic carbocycles. The van der Waals surface area contributed by atoms with Crippen molar-refractivity contribution >= 4 is 11.9 Å². The molecule has 108 valence electrons. The lowest BCUT2D eigenvalue weighted by molar-refractivity contribution is -0.139. The predicted octanol–water partition coefficient (Wildman–Crippen LogP) is 2.05. The fourth-order valence-electron chi connectivity index (χ4n) is 2.51. The molecular weight excluding hydrogens is 258 g/mol. The monoisotopic (exact) mass is 277 g/mol. The fraction of sp³-hybridized carbons (Fsp3) is 0.467. The second-order valence-corrected chi connectivity index (χ2v) is 4.95. The Kier molecular flexibility index (Phi) is 4.61. The molecule has 0 spiro atoms. The summed E-state index contributed by atoms with van der Waals surface area (Å²) in [6.45, 7) is 2.29. The summed E-state index contributed by atoms with van der Waals surface area (Å²) in [6, 6.07) is 7.56. The number of amides is 1. The molecule has 2 rings (SSSR count). The minimum absolute atomic E-state index is 0.189. The number of carboxylic acids is 1. The van der Waals surface area contributed by atoms with E-state index in [9.17, 15) is 9.59 Å². The lowest BCUT2D eigenvalue weighted by Crippen LogP contribution is -2.31. The van der Waals surface area contributed by atoms with Gasteiger partial charge in [-0.15, -0.1) is 0 Å². The molecule has 1 aliphatic heterocycles. The zero-order valence-corrected chi connectivity index (χ0v) is 11.5. The first-order valence-electron chi connectivity index (χ1n) is 6.83. The third-order valence-corrected chi connectivity index (χ3v) is 3.54. The Morgan fingerprint density at radius 3 is 3.00 bits per heavy atom. The highest BCUT2D eigenvalue weighted by Gasteiger charge is 2.29. The lowest BCUT2D eigenvalue weighted by atomic mass is 10.1. The molecule has 1 heterocycles. The highest BCUT2D eigenvalue weighted by atomic mass is 16.5. The molecule has 0 saturated carbocycles. The number of rotatable bonds is 6. The van der Waals surface area contributed by atoms with Crippen molar-refractivity contribution in [1.82, 2.24) is 4.90 Å². The average Bonchev–Trinajstić information content (AvgIpc) is 2.78. The van der Waals surface area contributed by atoms with E-state index in [1.807, 2.05) is 17.0 Å². The highest BCUT2D eigenvalue weighted by molar-refractivity contribution is 5.78. The van der Waals surface area contributed by atoms with Crippen LogP contribution in [0.2, 0.25) is 0 Å². The van der Waals surface area contributed by atoms with Crippen molar-refractivity contribution < 1.29 is 19.4 Å². The number of ether oxygens (including phenoxy) is 1. The summed E-state index contributed by atoms with van der Waals surface area (Å²) in [5.41, 5.74) is 0.960. The van der Waals surface area contributed by atoms with Gasteiger partial charge in [-0.2, -0.15) is 0 Å². The summed E-state index contributed by atoms with van der Waals surface area (Å²) >= 11 is 0. The van der Waals surface area contributed by atoms with Crippen molar-refractivity contribution in [2.75, 3.05) is 6.61 Å². The number of likely N-dealkylation sites (tertiary alicyclic amines) is 1. The third kappa shape index (κ3) is 3.50. The Morgan fingerprint density at radius 2 is 2.30 bits per heavy atom. The zero-order valence-electron chi connectivity index (χ0n) is 11.5. The van der Waals surface area contributed by atoms with Crippen LogP contribution in [0.5, 0.6) is 5.75 Å².